The number of carbonyl (C=O) groups is 1. The van der Waals surface area contributed by atoms with Gasteiger partial charge in [0, 0.05) is 12.0 Å². The largest absolute Gasteiger partial charge is 0.497 e. The topological polar surface area (TPSA) is 35.5 Å². The van der Waals surface area contributed by atoms with Crippen LogP contribution < -0.4 is 9.47 Å². The molecule has 0 bridgehead atoms. The fourth-order valence-corrected chi connectivity index (χ4v) is 3.56. The first-order valence-electron chi connectivity index (χ1n) is 7.02. The van der Waals surface area contributed by atoms with Crippen molar-refractivity contribution in [1.29, 1.82) is 0 Å². The fraction of sp³-hybridized carbons (Fsp3) is 0.562. The van der Waals surface area contributed by atoms with Gasteiger partial charge >= 0.3 is 0 Å². The number of ketones is 1. The summed E-state index contributed by atoms with van der Waals surface area (Å²) in [5.74, 6) is 3.12. The van der Waals surface area contributed by atoms with Gasteiger partial charge in [0.25, 0.3) is 0 Å². The van der Waals surface area contributed by atoms with Crippen LogP contribution in [0.25, 0.3) is 0 Å². The standard InChI is InChI=1S/C16H20O3/c1-18-10-7-8-13(14(9-10)19-2)16(17)15-11-5-3-4-6-12(11)15/h7-9,11-12,15H,3-6H2,1-2H3. The van der Waals surface area contributed by atoms with E-state index >= 15 is 0 Å². The van der Waals surface area contributed by atoms with E-state index in [1.54, 1.807) is 20.3 Å². The summed E-state index contributed by atoms with van der Waals surface area (Å²) in [5, 5.41) is 0. The van der Waals surface area contributed by atoms with Gasteiger partial charge in [-0.2, -0.15) is 0 Å². The summed E-state index contributed by atoms with van der Waals surface area (Å²) in [6.07, 6.45) is 5.01. The van der Waals surface area contributed by atoms with Crippen molar-refractivity contribution in [2.24, 2.45) is 17.8 Å². The molecule has 0 aliphatic heterocycles. The van der Waals surface area contributed by atoms with Crippen LogP contribution >= 0.6 is 0 Å². The van der Waals surface area contributed by atoms with Crippen LogP contribution in [0.5, 0.6) is 11.5 Å². The van der Waals surface area contributed by atoms with E-state index in [0.717, 1.165) is 5.75 Å². The van der Waals surface area contributed by atoms with Crippen molar-refractivity contribution in [1.82, 2.24) is 0 Å². The van der Waals surface area contributed by atoms with Crippen LogP contribution in [-0.2, 0) is 0 Å². The number of benzene rings is 1. The van der Waals surface area contributed by atoms with Crippen LogP contribution in [0.1, 0.15) is 36.0 Å². The van der Waals surface area contributed by atoms with Crippen molar-refractivity contribution in [3.8, 4) is 11.5 Å². The molecule has 2 fully saturated rings. The lowest BCUT2D eigenvalue weighted by atomic mass is 10.0. The Kier molecular flexibility index (Phi) is 3.21. The molecule has 0 radical (unpaired) electrons. The third kappa shape index (κ3) is 2.11. The highest BCUT2D eigenvalue weighted by molar-refractivity contribution is 6.02. The highest BCUT2D eigenvalue weighted by Gasteiger charge is 2.54. The Bertz CT molecular complexity index is 483. The minimum absolute atomic E-state index is 0.241. The van der Waals surface area contributed by atoms with Gasteiger partial charge in [-0.25, -0.2) is 0 Å². The molecular weight excluding hydrogens is 240 g/mol. The van der Waals surface area contributed by atoms with E-state index in [4.69, 9.17) is 9.47 Å². The molecule has 19 heavy (non-hydrogen) atoms. The van der Waals surface area contributed by atoms with Crippen molar-refractivity contribution in [2.75, 3.05) is 14.2 Å². The number of carbonyl (C=O) groups excluding carboxylic acids is 1. The molecule has 0 amide bonds. The summed E-state index contributed by atoms with van der Waals surface area (Å²) in [6, 6.07) is 5.46. The Labute approximate surface area is 113 Å². The van der Waals surface area contributed by atoms with E-state index in [1.165, 1.54) is 25.7 Å². The third-order valence-corrected chi connectivity index (χ3v) is 4.63. The molecule has 3 nitrogen and oxygen atoms in total. The monoisotopic (exact) mass is 260 g/mol. The maximum Gasteiger partial charge on any atom is 0.170 e. The molecule has 1 aromatic carbocycles. The van der Waals surface area contributed by atoms with Crippen LogP contribution in [0.2, 0.25) is 0 Å². The number of methoxy groups -OCH3 is 2. The van der Waals surface area contributed by atoms with E-state index in [2.05, 4.69) is 0 Å². The number of hydrogen-bond acceptors (Lipinski definition) is 3. The number of fused-ring (bicyclic) bond motifs is 1. The Balaban J connectivity index is 1.84. The SMILES string of the molecule is COc1ccc(C(=O)C2C3CCCCC32)c(OC)c1. The minimum atomic E-state index is 0.241. The normalized spacial score (nSPS) is 28.4. The van der Waals surface area contributed by atoms with Gasteiger partial charge < -0.3 is 9.47 Å². The van der Waals surface area contributed by atoms with E-state index in [1.807, 2.05) is 12.1 Å². The Morgan fingerprint density at radius 3 is 2.37 bits per heavy atom. The fourth-order valence-electron chi connectivity index (χ4n) is 3.56. The lowest BCUT2D eigenvalue weighted by Gasteiger charge is -2.09. The molecule has 0 heterocycles. The Morgan fingerprint density at radius 2 is 1.79 bits per heavy atom. The first-order valence-corrected chi connectivity index (χ1v) is 7.02. The van der Waals surface area contributed by atoms with Gasteiger partial charge in [-0.3, -0.25) is 4.79 Å². The maximum absolute atomic E-state index is 12.6. The zero-order valence-corrected chi connectivity index (χ0v) is 11.5. The van der Waals surface area contributed by atoms with Gasteiger partial charge in [-0.15, -0.1) is 0 Å². The lowest BCUT2D eigenvalue weighted by molar-refractivity contribution is 0.0953. The molecule has 1 aromatic rings. The van der Waals surface area contributed by atoms with Crippen LogP contribution in [0.3, 0.4) is 0 Å². The van der Waals surface area contributed by atoms with Gasteiger partial charge in [0.2, 0.25) is 0 Å². The van der Waals surface area contributed by atoms with Gasteiger partial charge in [0.1, 0.15) is 11.5 Å². The summed E-state index contributed by atoms with van der Waals surface area (Å²) in [7, 11) is 3.22. The summed E-state index contributed by atoms with van der Waals surface area (Å²) >= 11 is 0. The second-order valence-corrected chi connectivity index (χ2v) is 5.57. The quantitative estimate of drug-likeness (QED) is 0.779. The number of Topliss-reactive ketones (excluding diaryl/α,β-unsaturated/α-hetero) is 1. The molecule has 2 unspecified atom stereocenters. The van der Waals surface area contributed by atoms with Crippen LogP contribution in [0.15, 0.2) is 18.2 Å². The molecule has 0 N–H and O–H groups in total. The second kappa shape index (κ2) is 4.87. The zero-order valence-electron chi connectivity index (χ0n) is 11.5. The Morgan fingerprint density at radius 1 is 1.11 bits per heavy atom. The first-order chi connectivity index (χ1) is 9.26. The predicted octanol–water partition coefficient (Wildman–Crippen LogP) is 3.32. The molecule has 3 heteroatoms. The first kappa shape index (κ1) is 12.5. The average molecular weight is 260 g/mol. The smallest absolute Gasteiger partial charge is 0.170 e. The van der Waals surface area contributed by atoms with Crippen molar-refractivity contribution in [3.05, 3.63) is 23.8 Å². The summed E-state index contributed by atoms with van der Waals surface area (Å²) in [4.78, 5) is 12.6. The highest BCUT2D eigenvalue weighted by atomic mass is 16.5. The van der Waals surface area contributed by atoms with Crippen LogP contribution in [-0.4, -0.2) is 20.0 Å². The Hall–Kier alpha value is -1.51. The van der Waals surface area contributed by atoms with Gasteiger partial charge in [0.05, 0.1) is 19.8 Å². The molecule has 2 aliphatic carbocycles. The maximum atomic E-state index is 12.6. The molecular formula is C16H20O3. The van der Waals surface area contributed by atoms with E-state index in [-0.39, 0.29) is 11.7 Å². The van der Waals surface area contributed by atoms with Gasteiger partial charge in [0.15, 0.2) is 5.78 Å². The average Bonchev–Trinajstić information content (AvgIpc) is 3.20. The minimum Gasteiger partial charge on any atom is -0.497 e. The zero-order chi connectivity index (χ0) is 13.4. The lowest BCUT2D eigenvalue weighted by Crippen LogP contribution is -2.06. The van der Waals surface area contributed by atoms with Gasteiger partial charge in [-0.05, 0) is 36.8 Å². The second-order valence-electron chi connectivity index (χ2n) is 5.57. The van der Waals surface area contributed by atoms with Crippen molar-refractivity contribution in [2.45, 2.75) is 25.7 Å². The molecule has 2 aliphatic rings. The molecule has 0 saturated heterocycles. The molecule has 2 saturated carbocycles. The van der Waals surface area contributed by atoms with Crippen molar-refractivity contribution >= 4 is 5.78 Å². The van der Waals surface area contributed by atoms with E-state index < -0.39 is 0 Å². The highest BCUT2D eigenvalue weighted by Crippen LogP contribution is 2.57. The summed E-state index contributed by atoms with van der Waals surface area (Å²) < 4.78 is 10.5. The van der Waals surface area contributed by atoms with Crippen molar-refractivity contribution < 1.29 is 14.3 Å². The van der Waals surface area contributed by atoms with E-state index in [0.29, 0.717) is 23.1 Å². The number of rotatable bonds is 4. The summed E-state index contributed by atoms with van der Waals surface area (Å²) in [5.41, 5.74) is 0.711. The third-order valence-electron chi connectivity index (χ3n) is 4.63. The van der Waals surface area contributed by atoms with Crippen LogP contribution in [0.4, 0.5) is 0 Å². The predicted molar refractivity (Wildman–Crippen MR) is 72.8 cm³/mol. The van der Waals surface area contributed by atoms with E-state index in [9.17, 15) is 4.79 Å². The molecule has 0 aromatic heterocycles. The number of hydrogen-bond donors (Lipinski definition) is 0. The molecule has 0 spiro atoms. The number of ether oxygens (including phenoxy) is 2. The summed E-state index contributed by atoms with van der Waals surface area (Å²) in [6.45, 7) is 0. The molecule has 102 valence electrons. The van der Waals surface area contributed by atoms with Crippen molar-refractivity contribution in [3.63, 3.8) is 0 Å². The molecule has 3 rings (SSSR count). The van der Waals surface area contributed by atoms with Crippen LogP contribution in [0, 0.1) is 17.8 Å². The molecule has 2 atom stereocenters. The van der Waals surface area contributed by atoms with Gasteiger partial charge in [-0.1, -0.05) is 12.8 Å².